The minimum Gasteiger partial charge on any atom is -0.361 e. The lowest BCUT2D eigenvalue weighted by atomic mass is 9.94. The second-order valence-corrected chi connectivity index (χ2v) is 6.75. The first-order valence-corrected chi connectivity index (χ1v) is 8.23. The zero-order chi connectivity index (χ0) is 16.9. The molecule has 0 atom stereocenters. The van der Waals surface area contributed by atoms with Gasteiger partial charge in [0.2, 0.25) is 5.91 Å². The molecule has 1 heterocycles. The van der Waals surface area contributed by atoms with Crippen molar-refractivity contribution in [1.29, 1.82) is 0 Å². The van der Waals surface area contributed by atoms with Crippen LogP contribution in [-0.4, -0.2) is 10.9 Å². The van der Waals surface area contributed by atoms with E-state index in [0.29, 0.717) is 10.5 Å². The van der Waals surface area contributed by atoms with Gasteiger partial charge in [-0.3, -0.25) is 4.79 Å². The predicted molar refractivity (Wildman–Crippen MR) is 94.0 cm³/mol. The molecule has 2 aromatic carbocycles. The number of amides is 1. The summed E-state index contributed by atoms with van der Waals surface area (Å²) in [4.78, 5) is 16.0. The SMILES string of the molecule is Cc1c(Cl)cccc1NC(=O)C1(c2c[nH]c3cc(F)ccc23)CC1. The molecule has 1 aliphatic rings. The van der Waals surface area contributed by atoms with Crippen LogP contribution < -0.4 is 5.32 Å². The molecule has 0 aliphatic heterocycles. The number of carbonyl (C=O) groups is 1. The Kier molecular flexibility index (Phi) is 3.39. The van der Waals surface area contributed by atoms with Gasteiger partial charge in [0.05, 0.1) is 5.41 Å². The van der Waals surface area contributed by atoms with Crippen LogP contribution in [0.4, 0.5) is 10.1 Å². The number of anilines is 1. The van der Waals surface area contributed by atoms with Crippen molar-refractivity contribution < 1.29 is 9.18 Å². The van der Waals surface area contributed by atoms with Gasteiger partial charge in [-0.25, -0.2) is 4.39 Å². The largest absolute Gasteiger partial charge is 0.361 e. The zero-order valence-corrected chi connectivity index (χ0v) is 13.9. The summed E-state index contributed by atoms with van der Waals surface area (Å²) in [6, 6.07) is 10.1. The lowest BCUT2D eigenvalue weighted by Crippen LogP contribution is -2.28. The Bertz CT molecular complexity index is 959. The second-order valence-electron chi connectivity index (χ2n) is 6.34. The second kappa shape index (κ2) is 5.35. The monoisotopic (exact) mass is 342 g/mol. The summed E-state index contributed by atoms with van der Waals surface area (Å²) in [5.74, 6) is -0.335. The lowest BCUT2D eigenvalue weighted by Gasteiger charge is -2.16. The van der Waals surface area contributed by atoms with E-state index in [1.165, 1.54) is 12.1 Å². The van der Waals surface area contributed by atoms with Crippen LogP contribution >= 0.6 is 11.6 Å². The Morgan fingerprint density at radius 3 is 2.83 bits per heavy atom. The third kappa shape index (κ3) is 2.29. The molecular formula is C19H16ClFN2O. The van der Waals surface area contributed by atoms with Crippen LogP contribution in [-0.2, 0) is 10.2 Å². The van der Waals surface area contributed by atoms with Gasteiger partial charge in [-0.2, -0.15) is 0 Å². The number of aromatic amines is 1. The standard InChI is InChI=1S/C19H16ClFN2O/c1-11-15(20)3-2-4-16(11)23-18(24)19(7-8-19)14-10-22-17-9-12(21)5-6-13(14)17/h2-6,9-10,22H,7-8H2,1H3,(H,23,24). The van der Waals surface area contributed by atoms with E-state index in [0.717, 1.165) is 35.0 Å². The molecule has 0 radical (unpaired) electrons. The molecule has 3 nitrogen and oxygen atoms in total. The Morgan fingerprint density at radius 1 is 1.29 bits per heavy atom. The highest BCUT2D eigenvalue weighted by Crippen LogP contribution is 2.51. The number of hydrogen-bond acceptors (Lipinski definition) is 1. The first kappa shape index (κ1) is 15.2. The summed E-state index contributed by atoms with van der Waals surface area (Å²) < 4.78 is 13.4. The van der Waals surface area contributed by atoms with Gasteiger partial charge in [0, 0.05) is 27.8 Å². The molecular weight excluding hydrogens is 327 g/mol. The number of rotatable bonds is 3. The quantitative estimate of drug-likeness (QED) is 0.695. The fraction of sp³-hybridized carbons (Fsp3) is 0.211. The fourth-order valence-corrected chi connectivity index (χ4v) is 3.40. The van der Waals surface area contributed by atoms with Gasteiger partial charge in [-0.1, -0.05) is 17.7 Å². The molecule has 3 aromatic rings. The average Bonchev–Trinajstić information content (AvgIpc) is 3.26. The van der Waals surface area contributed by atoms with E-state index < -0.39 is 5.41 Å². The molecule has 1 fully saturated rings. The number of aromatic nitrogens is 1. The van der Waals surface area contributed by atoms with Crippen LogP contribution in [0.5, 0.6) is 0 Å². The fourth-order valence-electron chi connectivity index (χ4n) is 3.22. The molecule has 24 heavy (non-hydrogen) atoms. The van der Waals surface area contributed by atoms with Gasteiger partial charge in [0.15, 0.2) is 0 Å². The summed E-state index contributed by atoms with van der Waals surface area (Å²) in [5.41, 5.74) is 2.66. The number of nitrogens with one attached hydrogen (secondary N) is 2. The first-order chi connectivity index (χ1) is 11.5. The zero-order valence-electron chi connectivity index (χ0n) is 13.1. The van der Waals surface area contributed by atoms with Crippen molar-refractivity contribution in [2.75, 3.05) is 5.32 Å². The Labute approximate surface area is 143 Å². The van der Waals surface area contributed by atoms with Crippen LogP contribution in [0, 0.1) is 12.7 Å². The van der Waals surface area contributed by atoms with E-state index in [1.54, 1.807) is 12.1 Å². The smallest absolute Gasteiger partial charge is 0.235 e. The topological polar surface area (TPSA) is 44.9 Å². The lowest BCUT2D eigenvalue weighted by molar-refractivity contribution is -0.118. The molecule has 1 aliphatic carbocycles. The van der Waals surface area contributed by atoms with E-state index in [-0.39, 0.29) is 11.7 Å². The van der Waals surface area contributed by atoms with Crippen LogP contribution in [0.2, 0.25) is 5.02 Å². The van der Waals surface area contributed by atoms with Gasteiger partial charge in [-0.15, -0.1) is 0 Å². The van der Waals surface area contributed by atoms with Gasteiger partial charge in [-0.05, 0) is 61.2 Å². The van der Waals surface area contributed by atoms with Crippen molar-refractivity contribution in [3.05, 3.63) is 64.6 Å². The molecule has 2 N–H and O–H groups in total. The number of benzene rings is 2. The Morgan fingerprint density at radius 2 is 2.08 bits per heavy atom. The molecule has 5 heteroatoms. The molecule has 0 bridgehead atoms. The molecule has 1 amide bonds. The molecule has 1 saturated carbocycles. The van der Waals surface area contributed by atoms with E-state index in [2.05, 4.69) is 10.3 Å². The van der Waals surface area contributed by atoms with Gasteiger partial charge in [0.25, 0.3) is 0 Å². The third-order valence-electron chi connectivity index (χ3n) is 4.86. The summed E-state index contributed by atoms with van der Waals surface area (Å²) in [6.07, 6.45) is 3.38. The van der Waals surface area contributed by atoms with E-state index in [9.17, 15) is 9.18 Å². The number of halogens is 2. The van der Waals surface area contributed by atoms with Crippen LogP contribution in [0.25, 0.3) is 10.9 Å². The minimum absolute atomic E-state index is 0.0434. The molecule has 0 spiro atoms. The van der Waals surface area contributed by atoms with Crippen LogP contribution in [0.1, 0.15) is 24.0 Å². The first-order valence-electron chi connectivity index (χ1n) is 7.85. The highest BCUT2D eigenvalue weighted by atomic mass is 35.5. The van der Waals surface area contributed by atoms with E-state index in [1.807, 2.05) is 25.3 Å². The number of carbonyl (C=O) groups excluding carboxylic acids is 1. The van der Waals surface area contributed by atoms with E-state index in [4.69, 9.17) is 11.6 Å². The van der Waals surface area contributed by atoms with Gasteiger partial charge in [0.1, 0.15) is 5.82 Å². The van der Waals surface area contributed by atoms with Gasteiger partial charge < -0.3 is 10.3 Å². The maximum absolute atomic E-state index is 13.4. The van der Waals surface area contributed by atoms with Crippen LogP contribution in [0.15, 0.2) is 42.6 Å². The van der Waals surface area contributed by atoms with Gasteiger partial charge >= 0.3 is 0 Å². The van der Waals surface area contributed by atoms with Crippen molar-refractivity contribution in [2.45, 2.75) is 25.2 Å². The number of H-pyrrole nitrogens is 1. The summed E-state index contributed by atoms with van der Waals surface area (Å²) >= 11 is 6.13. The summed E-state index contributed by atoms with van der Waals surface area (Å²) in [5, 5.41) is 4.53. The summed E-state index contributed by atoms with van der Waals surface area (Å²) in [6.45, 7) is 1.88. The van der Waals surface area contributed by atoms with Crippen molar-refractivity contribution in [1.82, 2.24) is 4.98 Å². The molecule has 122 valence electrons. The third-order valence-corrected chi connectivity index (χ3v) is 5.27. The van der Waals surface area contributed by atoms with Crippen molar-refractivity contribution in [3.63, 3.8) is 0 Å². The highest BCUT2D eigenvalue weighted by Gasteiger charge is 2.52. The van der Waals surface area contributed by atoms with E-state index >= 15 is 0 Å². The minimum atomic E-state index is -0.551. The molecule has 0 unspecified atom stereocenters. The number of hydrogen-bond donors (Lipinski definition) is 2. The Hall–Kier alpha value is -2.33. The Balaban J connectivity index is 1.69. The van der Waals surface area contributed by atoms with Crippen molar-refractivity contribution in [2.24, 2.45) is 0 Å². The molecule has 0 saturated heterocycles. The predicted octanol–water partition coefficient (Wildman–Crippen LogP) is 4.94. The maximum atomic E-state index is 13.4. The van der Waals surface area contributed by atoms with Crippen molar-refractivity contribution in [3.8, 4) is 0 Å². The molecule has 1 aromatic heterocycles. The highest BCUT2D eigenvalue weighted by molar-refractivity contribution is 6.31. The summed E-state index contributed by atoms with van der Waals surface area (Å²) in [7, 11) is 0. The maximum Gasteiger partial charge on any atom is 0.235 e. The molecule has 4 rings (SSSR count). The number of fused-ring (bicyclic) bond motifs is 1. The van der Waals surface area contributed by atoms with Crippen LogP contribution in [0.3, 0.4) is 0 Å². The normalized spacial score (nSPS) is 15.5. The average molecular weight is 343 g/mol. The van der Waals surface area contributed by atoms with Crippen molar-refractivity contribution >= 4 is 34.1 Å².